The molecule has 6 heteroatoms. The van der Waals surface area contributed by atoms with Crippen molar-refractivity contribution in [3.05, 3.63) is 60.2 Å². The summed E-state index contributed by atoms with van der Waals surface area (Å²) >= 11 is 5.75. The molecule has 0 aliphatic carbocycles. The molecule has 0 amide bonds. The first-order chi connectivity index (χ1) is 11.5. The topological polar surface area (TPSA) is 40.6 Å². The number of anilines is 2. The van der Waals surface area contributed by atoms with Gasteiger partial charge in [-0.25, -0.2) is 8.42 Å². The Hall–Kier alpha value is -1.92. The van der Waals surface area contributed by atoms with E-state index in [4.69, 9.17) is 12.2 Å². The molecule has 0 unspecified atom stereocenters. The normalized spacial score (nSPS) is 25.1. The first kappa shape index (κ1) is 15.6. The Balaban J connectivity index is 1.80. The summed E-state index contributed by atoms with van der Waals surface area (Å²) in [5.41, 5.74) is 3.07. The smallest absolute Gasteiger partial charge is 0.181 e. The van der Waals surface area contributed by atoms with Crippen LogP contribution in [0, 0.1) is 6.92 Å². The molecular formula is C18H18N2O2S2. The number of fused-ring (bicyclic) bond motifs is 1. The summed E-state index contributed by atoms with van der Waals surface area (Å²) < 4.78 is 24.5. The van der Waals surface area contributed by atoms with Crippen LogP contribution in [-0.2, 0) is 9.84 Å². The highest BCUT2D eigenvalue weighted by atomic mass is 32.2. The van der Waals surface area contributed by atoms with E-state index in [9.17, 15) is 8.42 Å². The van der Waals surface area contributed by atoms with Crippen LogP contribution >= 0.6 is 12.2 Å². The van der Waals surface area contributed by atoms with E-state index in [2.05, 4.69) is 0 Å². The number of thiocarbonyl (C=S) groups is 1. The molecule has 2 aliphatic rings. The Labute approximate surface area is 147 Å². The molecule has 2 fully saturated rings. The first-order valence-electron chi connectivity index (χ1n) is 7.91. The lowest BCUT2D eigenvalue weighted by Crippen LogP contribution is -2.37. The Kier molecular flexibility index (Phi) is 3.62. The maximum absolute atomic E-state index is 12.3. The molecule has 124 valence electrons. The maximum Gasteiger partial charge on any atom is 0.181 e. The molecule has 0 aromatic heterocycles. The summed E-state index contributed by atoms with van der Waals surface area (Å²) in [7, 11) is -3.06. The summed E-state index contributed by atoms with van der Waals surface area (Å²) in [5.74, 6) is 0.296. The number of aryl methyl sites for hydroxylation is 1. The molecule has 2 saturated heterocycles. The van der Waals surface area contributed by atoms with Gasteiger partial charge in [0.05, 0.1) is 23.6 Å². The van der Waals surface area contributed by atoms with Gasteiger partial charge in [0, 0.05) is 11.4 Å². The highest BCUT2D eigenvalue weighted by Gasteiger charge is 2.52. The number of nitrogens with zero attached hydrogens (tertiary/aromatic N) is 2. The van der Waals surface area contributed by atoms with Crippen molar-refractivity contribution in [2.75, 3.05) is 21.3 Å². The van der Waals surface area contributed by atoms with Gasteiger partial charge in [0.2, 0.25) is 0 Å². The highest BCUT2D eigenvalue weighted by molar-refractivity contribution is 7.91. The quantitative estimate of drug-likeness (QED) is 0.772. The number of hydrogen-bond acceptors (Lipinski definition) is 3. The third-order valence-corrected chi connectivity index (χ3v) is 6.81. The molecule has 24 heavy (non-hydrogen) atoms. The van der Waals surface area contributed by atoms with Crippen LogP contribution in [-0.4, -0.2) is 37.1 Å². The number of benzene rings is 2. The fraction of sp³-hybridized carbons (Fsp3) is 0.278. The zero-order valence-corrected chi connectivity index (χ0v) is 14.9. The first-order valence-corrected chi connectivity index (χ1v) is 10.1. The van der Waals surface area contributed by atoms with Gasteiger partial charge in [-0.15, -0.1) is 0 Å². The van der Waals surface area contributed by atoms with Crippen LogP contribution in [0.3, 0.4) is 0 Å². The predicted octanol–water partition coefficient (Wildman–Crippen LogP) is 2.77. The molecule has 0 spiro atoms. The zero-order chi connectivity index (χ0) is 16.9. The maximum atomic E-state index is 12.3. The minimum atomic E-state index is -3.06. The van der Waals surface area contributed by atoms with Crippen LogP contribution in [0.1, 0.15) is 5.56 Å². The van der Waals surface area contributed by atoms with Crippen molar-refractivity contribution in [3.63, 3.8) is 0 Å². The second-order valence-corrected chi connectivity index (χ2v) is 8.92. The van der Waals surface area contributed by atoms with Crippen molar-refractivity contribution in [3.8, 4) is 0 Å². The van der Waals surface area contributed by atoms with Crippen LogP contribution in [0.4, 0.5) is 11.4 Å². The second-order valence-electron chi connectivity index (χ2n) is 6.41. The summed E-state index contributed by atoms with van der Waals surface area (Å²) in [4.78, 5) is 4.02. The van der Waals surface area contributed by atoms with E-state index in [1.165, 1.54) is 5.56 Å². The van der Waals surface area contributed by atoms with Crippen molar-refractivity contribution in [2.45, 2.75) is 19.0 Å². The summed E-state index contributed by atoms with van der Waals surface area (Å²) in [6, 6.07) is 17.6. The Morgan fingerprint density at radius 2 is 1.38 bits per heavy atom. The minimum Gasteiger partial charge on any atom is -0.312 e. The summed E-state index contributed by atoms with van der Waals surface area (Å²) in [6.07, 6.45) is 0. The second kappa shape index (κ2) is 5.57. The molecule has 0 N–H and O–H groups in total. The third-order valence-electron chi connectivity index (χ3n) is 4.72. The van der Waals surface area contributed by atoms with Crippen LogP contribution in [0.5, 0.6) is 0 Å². The lowest BCUT2D eigenvalue weighted by atomic mass is 10.1. The number of sulfone groups is 1. The average Bonchev–Trinajstić information content (AvgIpc) is 2.98. The Morgan fingerprint density at radius 1 is 0.875 bits per heavy atom. The van der Waals surface area contributed by atoms with E-state index < -0.39 is 9.84 Å². The van der Waals surface area contributed by atoms with Crippen LogP contribution < -0.4 is 9.80 Å². The Bertz CT molecular complexity index is 879. The largest absolute Gasteiger partial charge is 0.312 e. The molecule has 4 nitrogen and oxygen atoms in total. The molecule has 2 aliphatic heterocycles. The van der Waals surface area contributed by atoms with Gasteiger partial charge in [-0.05, 0) is 43.4 Å². The molecule has 2 aromatic carbocycles. The lowest BCUT2D eigenvalue weighted by Gasteiger charge is -2.25. The zero-order valence-electron chi connectivity index (χ0n) is 13.3. The van der Waals surface area contributed by atoms with Crippen LogP contribution in [0.15, 0.2) is 54.6 Å². The van der Waals surface area contributed by atoms with E-state index in [0.29, 0.717) is 5.11 Å². The predicted molar refractivity (Wildman–Crippen MR) is 101 cm³/mol. The number of para-hydroxylation sites is 1. The SMILES string of the molecule is Cc1ccc(N2C(=S)N(c3ccccc3)[C@@H]3CS(=O)(=O)C[C@@H]32)cc1. The van der Waals surface area contributed by atoms with Gasteiger partial charge in [0.1, 0.15) is 0 Å². The van der Waals surface area contributed by atoms with Crippen LogP contribution in [0.25, 0.3) is 0 Å². The number of rotatable bonds is 2. The van der Waals surface area contributed by atoms with Crippen LogP contribution in [0.2, 0.25) is 0 Å². The standard InChI is InChI=1S/C18H18N2O2S2/c1-13-7-9-15(10-8-13)20-17-12-24(21,22)11-16(17)19(18(20)23)14-5-3-2-4-6-14/h2-10,16-17H,11-12H2,1H3/t16-,17+/m1/s1. The molecule has 0 radical (unpaired) electrons. The summed E-state index contributed by atoms with van der Waals surface area (Å²) in [6.45, 7) is 2.03. The molecule has 0 saturated carbocycles. The average molecular weight is 358 g/mol. The molecule has 2 heterocycles. The Morgan fingerprint density at radius 3 is 1.92 bits per heavy atom. The fourth-order valence-corrected chi connectivity index (χ4v) is 6.00. The van der Waals surface area contributed by atoms with E-state index in [1.807, 2.05) is 71.3 Å². The van der Waals surface area contributed by atoms with Gasteiger partial charge in [0.15, 0.2) is 14.9 Å². The van der Waals surface area contributed by atoms with Crippen molar-refractivity contribution in [2.24, 2.45) is 0 Å². The van der Waals surface area contributed by atoms with Crippen molar-refractivity contribution in [1.29, 1.82) is 0 Å². The minimum absolute atomic E-state index is 0.133. The van der Waals surface area contributed by atoms with Gasteiger partial charge in [-0.1, -0.05) is 35.9 Å². The van der Waals surface area contributed by atoms with Gasteiger partial charge < -0.3 is 9.80 Å². The lowest BCUT2D eigenvalue weighted by molar-refractivity contribution is 0.601. The molecule has 2 aromatic rings. The van der Waals surface area contributed by atoms with Gasteiger partial charge in [-0.3, -0.25) is 0 Å². The van der Waals surface area contributed by atoms with Crippen molar-refractivity contribution in [1.82, 2.24) is 0 Å². The summed E-state index contributed by atoms with van der Waals surface area (Å²) in [5, 5.41) is 0.676. The highest BCUT2D eigenvalue weighted by Crippen LogP contribution is 2.37. The van der Waals surface area contributed by atoms with E-state index in [0.717, 1.165) is 11.4 Å². The van der Waals surface area contributed by atoms with Crippen molar-refractivity contribution >= 4 is 38.5 Å². The monoisotopic (exact) mass is 358 g/mol. The van der Waals surface area contributed by atoms with Crippen molar-refractivity contribution < 1.29 is 8.42 Å². The van der Waals surface area contributed by atoms with Gasteiger partial charge in [-0.2, -0.15) is 0 Å². The third kappa shape index (κ3) is 2.50. The number of hydrogen-bond donors (Lipinski definition) is 0. The fourth-order valence-electron chi connectivity index (χ4n) is 3.60. The molecule has 4 rings (SSSR count). The van der Waals surface area contributed by atoms with E-state index >= 15 is 0 Å². The van der Waals surface area contributed by atoms with E-state index in [1.54, 1.807) is 0 Å². The molecular weight excluding hydrogens is 340 g/mol. The van der Waals surface area contributed by atoms with Gasteiger partial charge in [0.25, 0.3) is 0 Å². The van der Waals surface area contributed by atoms with E-state index in [-0.39, 0.29) is 23.6 Å². The molecule has 2 atom stereocenters. The van der Waals surface area contributed by atoms with Gasteiger partial charge >= 0.3 is 0 Å². The molecule has 0 bridgehead atoms.